The van der Waals surface area contributed by atoms with Gasteiger partial charge in [0, 0.05) is 18.3 Å². The zero-order valence-electron chi connectivity index (χ0n) is 13.9. The van der Waals surface area contributed by atoms with Crippen LogP contribution in [-0.2, 0) is 19.1 Å². The molecule has 2 amide bonds. The van der Waals surface area contributed by atoms with Crippen molar-refractivity contribution in [3.63, 3.8) is 0 Å². The van der Waals surface area contributed by atoms with E-state index in [4.69, 9.17) is 10.00 Å². The summed E-state index contributed by atoms with van der Waals surface area (Å²) in [7, 11) is 0. The molecule has 1 aromatic rings. The Labute approximate surface area is 144 Å². The topological polar surface area (TPSA) is 99.5 Å². The number of hydrogen-bond donors (Lipinski definition) is 1. The highest BCUT2D eigenvalue weighted by molar-refractivity contribution is 6.32. The van der Waals surface area contributed by atoms with Gasteiger partial charge in [-0.15, -0.1) is 0 Å². The molecule has 0 aromatic heterocycles. The first-order valence-corrected chi connectivity index (χ1v) is 7.87. The van der Waals surface area contributed by atoms with Crippen LogP contribution in [0.4, 0.5) is 10.1 Å². The van der Waals surface area contributed by atoms with Crippen molar-refractivity contribution in [3.05, 3.63) is 29.6 Å². The van der Waals surface area contributed by atoms with Crippen LogP contribution in [0.25, 0.3) is 0 Å². The molecule has 0 saturated carbocycles. The SMILES string of the molecule is CCOC(=O)C(=O)N1CC[C@H](C(=O)Nc2ccc(F)c(C#N)c2)[C@@H]1C. The highest BCUT2D eigenvalue weighted by Crippen LogP contribution is 2.26. The van der Waals surface area contributed by atoms with Gasteiger partial charge in [-0.3, -0.25) is 9.59 Å². The largest absolute Gasteiger partial charge is 0.459 e. The number of carbonyl (C=O) groups excluding carboxylic acids is 3. The van der Waals surface area contributed by atoms with E-state index >= 15 is 0 Å². The maximum atomic E-state index is 13.3. The molecule has 2 atom stereocenters. The number of anilines is 1. The number of rotatable bonds is 3. The van der Waals surface area contributed by atoms with E-state index in [0.717, 1.165) is 6.07 Å². The van der Waals surface area contributed by atoms with Crippen LogP contribution in [0.1, 0.15) is 25.8 Å². The molecule has 1 saturated heterocycles. The van der Waals surface area contributed by atoms with Gasteiger partial charge in [-0.1, -0.05) is 0 Å². The first-order chi connectivity index (χ1) is 11.9. The van der Waals surface area contributed by atoms with Crippen molar-refractivity contribution in [2.75, 3.05) is 18.5 Å². The van der Waals surface area contributed by atoms with Crippen molar-refractivity contribution < 1.29 is 23.5 Å². The van der Waals surface area contributed by atoms with Crippen molar-refractivity contribution in [2.45, 2.75) is 26.3 Å². The molecular formula is C17H18FN3O4. The third-order valence-corrected chi connectivity index (χ3v) is 4.16. The summed E-state index contributed by atoms with van der Waals surface area (Å²) in [5.41, 5.74) is 0.127. The number of nitrogens with one attached hydrogen (secondary N) is 1. The predicted molar refractivity (Wildman–Crippen MR) is 85.7 cm³/mol. The maximum Gasteiger partial charge on any atom is 0.397 e. The second-order valence-electron chi connectivity index (χ2n) is 5.65. The van der Waals surface area contributed by atoms with Crippen LogP contribution in [0.5, 0.6) is 0 Å². The van der Waals surface area contributed by atoms with Crippen LogP contribution in [0.2, 0.25) is 0 Å². The minimum Gasteiger partial charge on any atom is -0.459 e. The Bertz CT molecular complexity index is 744. The van der Waals surface area contributed by atoms with E-state index in [1.165, 1.54) is 17.0 Å². The number of nitriles is 1. The summed E-state index contributed by atoms with van der Waals surface area (Å²) in [6.07, 6.45) is 0.393. The fraction of sp³-hybridized carbons (Fsp3) is 0.412. The zero-order chi connectivity index (χ0) is 18.6. The first kappa shape index (κ1) is 18.4. The average Bonchev–Trinajstić information content (AvgIpc) is 2.97. The van der Waals surface area contributed by atoms with E-state index in [9.17, 15) is 18.8 Å². The molecule has 25 heavy (non-hydrogen) atoms. The molecule has 0 radical (unpaired) electrons. The molecule has 1 heterocycles. The molecular weight excluding hydrogens is 329 g/mol. The molecule has 1 N–H and O–H groups in total. The molecule has 1 aromatic carbocycles. The molecule has 0 aliphatic carbocycles. The lowest BCUT2D eigenvalue weighted by Crippen LogP contribution is -2.42. The Kier molecular flexibility index (Phi) is 5.70. The Morgan fingerprint density at radius 2 is 2.16 bits per heavy atom. The summed E-state index contributed by atoms with van der Waals surface area (Å²) < 4.78 is 18.0. The van der Waals surface area contributed by atoms with E-state index in [1.54, 1.807) is 19.9 Å². The quantitative estimate of drug-likeness (QED) is 0.659. The number of carbonyl (C=O) groups is 3. The lowest BCUT2D eigenvalue weighted by Gasteiger charge is -2.23. The highest BCUT2D eigenvalue weighted by atomic mass is 19.1. The van der Waals surface area contributed by atoms with Crippen LogP contribution < -0.4 is 5.32 Å². The standard InChI is InChI=1S/C17H18FN3O4/c1-3-25-17(24)16(23)21-7-6-13(10(21)2)15(22)20-12-4-5-14(18)11(8-12)9-19/h4-5,8,10,13H,3,6-7H2,1-2H3,(H,20,22)/t10-,13-/m0/s1. The minimum absolute atomic E-state index is 0.0997. The molecule has 0 spiro atoms. The molecule has 1 aliphatic heterocycles. The van der Waals surface area contributed by atoms with E-state index in [1.807, 2.05) is 0 Å². The van der Waals surface area contributed by atoms with Gasteiger partial charge >= 0.3 is 11.9 Å². The smallest absolute Gasteiger partial charge is 0.397 e. The van der Waals surface area contributed by atoms with Crippen LogP contribution in [0.15, 0.2) is 18.2 Å². The number of likely N-dealkylation sites (tertiary alicyclic amines) is 1. The summed E-state index contributed by atoms with van der Waals surface area (Å²) in [5.74, 6) is -3.25. The highest BCUT2D eigenvalue weighted by Gasteiger charge is 2.40. The van der Waals surface area contributed by atoms with Crippen molar-refractivity contribution in [1.82, 2.24) is 4.90 Å². The number of halogens is 1. The second kappa shape index (κ2) is 7.75. The van der Waals surface area contributed by atoms with E-state index in [0.29, 0.717) is 12.1 Å². The number of nitrogens with zero attached hydrogens (tertiary/aromatic N) is 2. The van der Waals surface area contributed by atoms with Crippen LogP contribution in [0, 0.1) is 23.1 Å². The van der Waals surface area contributed by atoms with Crippen LogP contribution in [-0.4, -0.2) is 41.9 Å². The number of hydrogen-bond acceptors (Lipinski definition) is 5. The van der Waals surface area contributed by atoms with Crippen LogP contribution >= 0.6 is 0 Å². The molecule has 1 fully saturated rings. The monoisotopic (exact) mass is 347 g/mol. The Morgan fingerprint density at radius 1 is 1.44 bits per heavy atom. The molecule has 8 heteroatoms. The maximum absolute atomic E-state index is 13.3. The lowest BCUT2D eigenvalue weighted by atomic mass is 10.0. The molecule has 1 aliphatic rings. The van der Waals surface area contributed by atoms with Gasteiger partial charge in [0.15, 0.2) is 0 Å². The summed E-state index contributed by atoms with van der Waals surface area (Å²) >= 11 is 0. The summed E-state index contributed by atoms with van der Waals surface area (Å²) in [6, 6.07) is 4.92. The van der Waals surface area contributed by atoms with Gasteiger partial charge in [0.1, 0.15) is 11.9 Å². The molecule has 2 rings (SSSR count). The Balaban J connectivity index is 2.05. The first-order valence-electron chi connectivity index (χ1n) is 7.87. The van der Waals surface area contributed by atoms with Gasteiger partial charge in [0.25, 0.3) is 0 Å². The fourth-order valence-electron chi connectivity index (χ4n) is 2.81. The van der Waals surface area contributed by atoms with Crippen molar-refractivity contribution in [1.29, 1.82) is 5.26 Å². The second-order valence-corrected chi connectivity index (χ2v) is 5.65. The summed E-state index contributed by atoms with van der Waals surface area (Å²) in [6.45, 7) is 3.65. The third-order valence-electron chi connectivity index (χ3n) is 4.16. The minimum atomic E-state index is -0.937. The fourth-order valence-corrected chi connectivity index (χ4v) is 2.81. The van der Waals surface area contributed by atoms with Gasteiger partial charge < -0.3 is 15.0 Å². The summed E-state index contributed by atoms with van der Waals surface area (Å²) in [5, 5.41) is 11.5. The Hall–Kier alpha value is -2.95. The average molecular weight is 347 g/mol. The van der Waals surface area contributed by atoms with E-state index < -0.39 is 29.7 Å². The predicted octanol–water partition coefficient (Wildman–Crippen LogP) is 1.44. The van der Waals surface area contributed by atoms with Gasteiger partial charge in [0.05, 0.1) is 18.1 Å². The van der Waals surface area contributed by atoms with Crippen LogP contribution in [0.3, 0.4) is 0 Å². The van der Waals surface area contributed by atoms with Gasteiger partial charge in [0.2, 0.25) is 5.91 Å². The number of esters is 1. The normalized spacial score (nSPS) is 19.2. The van der Waals surface area contributed by atoms with Crippen molar-refractivity contribution in [2.24, 2.45) is 5.92 Å². The van der Waals surface area contributed by atoms with E-state index in [2.05, 4.69) is 5.32 Å². The lowest BCUT2D eigenvalue weighted by molar-refractivity contribution is -0.160. The molecule has 0 bridgehead atoms. The number of ether oxygens (including phenoxy) is 1. The van der Waals surface area contributed by atoms with E-state index in [-0.39, 0.29) is 24.6 Å². The van der Waals surface area contributed by atoms with Gasteiger partial charge in [-0.05, 0) is 38.5 Å². The molecule has 0 unspecified atom stereocenters. The number of benzene rings is 1. The third kappa shape index (κ3) is 3.94. The summed E-state index contributed by atoms with van der Waals surface area (Å²) in [4.78, 5) is 37.3. The number of amides is 2. The molecule has 132 valence electrons. The van der Waals surface area contributed by atoms with Crippen molar-refractivity contribution >= 4 is 23.5 Å². The Morgan fingerprint density at radius 3 is 2.80 bits per heavy atom. The zero-order valence-corrected chi connectivity index (χ0v) is 13.9. The van der Waals surface area contributed by atoms with Gasteiger partial charge in [-0.2, -0.15) is 5.26 Å². The van der Waals surface area contributed by atoms with Gasteiger partial charge in [-0.25, -0.2) is 9.18 Å². The van der Waals surface area contributed by atoms with Crippen molar-refractivity contribution in [3.8, 4) is 6.07 Å². The molecule has 7 nitrogen and oxygen atoms in total.